The third-order valence-electron chi connectivity index (χ3n) is 2.81. The van der Waals surface area contributed by atoms with Gasteiger partial charge < -0.3 is 9.73 Å². The van der Waals surface area contributed by atoms with Crippen LogP contribution in [0.1, 0.15) is 24.3 Å². The molecule has 0 bridgehead atoms. The van der Waals surface area contributed by atoms with Gasteiger partial charge in [0, 0.05) is 22.6 Å². The third kappa shape index (κ3) is 3.42. The summed E-state index contributed by atoms with van der Waals surface area (Å²) in [5.41, 5.74) is 0.750. The number of furan rings is 1. The predicted octanol–water partition coefficient (Wildman–Crippen LogP) is 3.80. The zero-order valence-electron chi connectivity index (χ0n) is 10.3. The van der Waals surface area contributed by atoms with Gasteiger partial charge in [0.2, 0.25) is 0 Å². The average Bonchev–Trinajstić information content (AvgIpc) is 2.90. The molecule has 1 aromatic heterocycles. The van der Waals surface area contributed by atoms with Crippen molar-refractivity contribution in [2.24, 2.45) is 0 Å². The van der Waals surface area contributed by atoms with Crippen molar-refractivity contribution in [1.29, 1.82) is 0 Å². The minimum absolute atomic E-state index is 0.00162. The lowest BCUT2D eigenvalue weighted by molar-refractivity contribution is -0.385. The molecular formula is C13H13BrN2O3. The van der Waals surface area contributed by atoms with Gasteiger partial charge in [0.05, 0.1) is 17.2 Å². The summed E-state index contributed by atoms with van der Waals surface area (Å²) in [6.07, 6.45) is 1.61. The number of hydrogen-bond acceptors (Lipinski definition) is 4. The van der Waals surface area contributed by atoms with Crippen LogP contribution in [0.25, 0.3) is 0 Å². The molecule has 0 radical (unpaired) electrons. The van der Waals surface area contributed by atoms with Crippen LogP contribution in [0.15, 0.2) is 45.5 Å². The van der Waals surface area contributed by atoms with Gasteiger partial charge in [0.25, 0.3) is 5.69 Å². The SMILES string of the molecule is CC(NCc1ccc(Br)cc1[N+](=O)[O-])c1ccco1. The Labute approximate surface area is 118 Å². The molecule has 0 saturated carbocycles. The molecule has 19 heavy (non-hydrogen) atoms. The monoisotopic (exact) mass is 324 g/mol. The smallest absolute Gasteiger partial charge is 0.275 e. The van der Waals surface area contributed by atoms with Crippen LogP contribution in [0.2, 0.25) is 0 Å². The first kappa shape index (κ1) is 13.8. The van der Waals surface area contributed by atoms with Crippen LogP contribution in [0.3, 0.4) is 0 Å². The molecule has 1 atom stereocenters. The molecule has 1 unspecified atom stereocenters. The molecule has 0 saturated heterocycles. The lowest BCUT2D eigenvalue weighted by Crippen LogP contribution is -2.18. The number of nitrogens with zero attached hydrogens (tertiary/aromatic N) is 1. The number of nitrogens with one attached hydrogen (secondary N) is 1. The number of nitro benzene ring substituents is 1. The van der Waals surface area contributed by atoms with Gasteiger partial charge in [-0.2, -0.15) is 0 Å². The van der Waals surface area contributed by atoms with E-state index in [9.17, 15) is 10.1 Å². The molecule has 0 aliphatic rings. The molecule has 1 aromatic carbocycles. The van der Waals surface area contributed by atoms with Crippen molar-refractivity contribution in [2.75, 3.05) is 0 Å². The maximum atomic E-state index is 11.0. The van der Waals surface area contributed by atoms with Crippen molar-refractivity contribution in [3.8, 4) is 0 Å². The van der Waals surface area contributed by atoms with Crippen molar-refractivity contribution in [2.45, 2.75) is 19.5 Å². The molecule has 6 heteroatoms. The number of halogens is 1. The Morgan fingerprint density at radius 3 is 2.89 bits per heavy atom. The van der Waals surface area contributed by atoms with Crippen LogP contribution in [-0.2, 0) is 6.54 Å². The molecule has 0 amide bonds. The summed E-state index contributed by atoms with van der Waals surface area (Å²) in [4.78, 5) is 10.6. The molecule has 5 nitrogen and oxygen atoms in total. The lowest BCUT2D eigenvalue weighted by atomic mass is 10.1. The van der Waals surface area contributed by atoms with E-state index >= 15 is 0 Å². The van der Waals surface area contributed by atoms with E-state index in [-0.39, 0.29) is 16.7 Å². The minimum Gasteiger partial charge on any atom is -0.468 e. The predicted molar refractivity (Wildman–Crippen MR) is 74.8 cm³/mol. The van der Waals surface area contributed by atoms with Gasteiger partial charge in [0.1, 0.15) is 5.76 Å². The average molecular weight is 325 g/mol. The highest BCUT2D eigenvalue weighted by Gasteiger charge is 2.15. The Kier molecular flexibility index (Phi) is 4.34. The number of nitro groups is 1. The molecule has 2 rings (SSSR count). The van der Waals surface area contributed by atoms with Crippen molar-refractivity contribution in [3.63, 3.8) is 0 Å². The molecule has 2 aromatic rings. The molecule has 0 aliphatic heterocycles. The van der Waals surface area contributed by atoms with E-state index in [0.29, 0.717) is 16.6 Å². The first-order chi connectivity index (χ1) is 9.08. The summed E-state index contributed by atoms with van der Waals surface area (Å²) in [7, 11) is 0. The van der Waals surface area contributed by atoms with Crippen LogP contribution in [0.5, 0.6) is 0 Å². The van der Waals surface area contributed by atoms with E-state index in [2.05, 4.69) is 21.2 Å². The summed E-state index contributed by atoms with van der Waals surface area (Å²) >= 11 is 3.24. The summed E-state index contributed by atoms with van der Waals surface area (Å²) in [5, 5.41) is 14.2. The fourth-order valence-electron chi connectivity index (χ4n) is 1.76. The Morgan fingerprint density at radius 1 is 1.47 bits per heavy atom. The summed E-state index contributed by atoms with van der Waals surface area (Å²) in [6.45, 7) is 2.36. The second kappa shape index (κ2) is 5.99. The fraction of sp³-hybridized carbons (Fsp3) is 0.231. The minimum atomic E-state index is -0.376. The molecule has 0 aliphatic carbocycles. The van der Waals surface area contributed by atoms with Crippen LogP contribution >= 0.6 is 15.9 Å². The van der Waals surface area contributed by atoms with Gasteiger partial charge in [-0.05, 0) is 31.2 Å². The Bertz CT molecular complexity index is 569. The lowest BCUT2D eigenvalue weighted by Gasteiger charge is -2.11. The van der Waals surface area contributed by atoms with Crippen molar-refractivity contribution in [1.82, 2.24) is 5.32 Å². The van der Waals surface area contributed by atoms with Gasteiger partial charge in [-0.3, -0.25) is 10.1 Å². The highest BCUT2D eigenvalue weighted by Crippen LogP contribution is 2.24. The maximum absolute atomic E-state index is 11.0. The van der Waals surface area contributed by atoms with Crippen LogP contribution < -0.4 is 5.32 Å². The number of benzene rings is 1. The quantitative estimate of drug-likeness (QED) is 0.670. The summed E-state index contributed by atoms with van der Waals surface area (Å²) in [6, 6.07) is 8.72. The zero-order valence-corrected chi connectivity index (χ0v) is 11.9. The molecule has 1 heterocycles. The van der Waals surface area contributed by atoms with E-state index in [1.54, 1.807) is 18.4 Å². The maximum Gasteiger partial charge on any atom is 0.275 e. The van der Waals surface area contributed by atoms with E-state index in [1.807, 2.05) is 19.1 Å². The van der Waals surface area contributed by atoms with Crippen LogP contribution in [-0.4, -0.2) is 4.92 Å². The van der Waals surface area contributed by atoms with Gasteiger partial charge >= 0.3 is 0 Å². The van der Waals surface area contributed by atoms with Gasteiger partial charge in [-0.15, -0.1) is 0 Å². The van der Waals surface area contributed by atoms with Gasteiger partial charge in [-0.1, -0.05) is 15.9 Å². The fourth-order valence-corrected chi connectivity index (χ4v) is 2.11. The number of hydrogen-bond donors (Lipinski definition) is 1. The Hall–Kier alpha value is -1.66. The van der Waals surface area contributed by atoms with Crippen LogP contribution in [0.4, 0.5) is 5.69 Å². The third-order valence-corrected chi connectivity index (χ3v) is 3.31. The summed E-state index contributed by atoms with van der Waals surface area (Å²) < 4.78 is 5.97. The first-order valence-corrected chi connectivity index (χ1v) is 6.57. The largest absolute Gasteiger partial charge is 0.468 e. The molecule has 100 valence electrons. The van der Waals surface area contributed by atoms with Crippen LogP contribution in [0, 0.1) is 10.1 Å². The van der Waals surface area contributed by atoms with Crippen molar-refractivity contribution < 1.29 is 9.34 Å². The van der Waals surface area contributed by atoms with Gasteiger partial charge in [-0.25, -0.2) is 0 Å². The topological polar surface area (TPSA) is 68.3 Å². The molecular weight excluding hydrogens is 312 g/mol. The van der Waals surface area contributed by atoms with Crippen molar-refractivity contribution >= 4 is 21.6 Å². The van der Waals surface area contributed by atoms with E-state index < -0.39 is 0 Å². The second-order valence-electron chi connectivity index (χ2n) is 4.15. The standard InChI is InChI=1S/C13H13BrN2O3/c1-9(13-3-2-6-19-13)15-8-10-4-5-11(14)7-12(10)16(17)18/h2-7,9,15H,8H2,1H3. The molecule has 1 N–H and O–H groups in total. The molecule has 0 fully saturated rings. The number of rotatable bonds is 5. The van der Waals surface area contributed by atoms with Gasteiger partial charge in [0.15, 0.2) is 0 Å². The zero-order chi connectivity index (χ0) is 13.8. The van der Waals surface area contributed by atoms with Crippen molar-refractivity contribution in [3.05, 3.63) is 62.5 Å². The highest BCUT2D eigenvalue weighted by molar-refractivity contribution is 9.10. The molecule has 0 spiro atoms. The normalized spacial score (nSPS) is 12.3. The Balaban J connectivity index is 2.09. The first-order valence-electron chi connectivity index (χ1n) is 5.77. The Morgan fingerprint density at radius 2 is 2.26 bits per heavy atom. The van der Waals surface area contributed by atoms with E-state index in [0.717, 1.165) is 5.76 Å². The van der Waals surface area contributed by atoms with E-state index in [1.165, 1.54) is 6.07 Å². The highest BCUT2D eigenvalue weighted by atomic mass is 79.9. The second-order valence-corrected chi connectivity index (χ2v) is 5.06. The summed E-state index contributed by atoms with van der Waals surface area (Å²) in [5.74, 6) is 0.805. The van der Waals surface area contributed by atoms with E-state index in [4.69, 9.17) is 4.42 Å².